The standard InChI is InChI=1S/C14H14ClN3O/c15-9-1-3-11-12(5-6-16-13(11)7-9)18-10-2-4-14(19)17-8-10/h1,3,5-7,10H,2,4,8H2,(H,16,18)(H,17,19). The van der Waals surface area contributed by atoms with Crippen LogP contribution in [0.25, 0.3) is 10.9 Å². The third kappa shape index (κ3) is 2.63. The first-order chi connectivity index (χ1) is 9.22. The molecule has 1 saturated heterocycles. The molecule has 0 saturated carbocycles. The Kier molecular flexibility index (Phi) is 3.25. The number of nitrogens with zero attached hydrogens (tertiary/aromatic N) is 1. The van der Waals surface area contributed by atoms with Crippen LogP contribution in [0, 0.1) is 0 Å². The summed E-state index contributed by atoms with van der Waals surface area (Å²) >= 11 is 5.97. The molecule has 1 amide bonds. The summed E-state index contributed by atoms with van der Waals surface area (Å²) in [7, 11) is 0. The van der Waals surface area contributed by atoms with Gasteiger partial charge in [-0.05, 0) is 30.7 Å². The van der Waals surface area contributed by atoms with Crippen LogP contribution < -0.4 is 10.6 Å². The van der Waals surface area contributed by atoms with Crippen molar-refractivity contribution < 1.29 is 4.79 Å². The monoisotopic (exact) mass is 275 g/mol. The van der Waals surface area contributed by atoms with Gasteiger partial charge in [-0.25, -0.2) is 0 Å². The van der Waals surface area contributed by atoms with E-state index in [4.69, 9.17) is 11.6 Å². The Hall–Kier alpha value is -1.81. The minimum absolute atomic E-state index is 0.129. The van der Waals surface area contributed by atoms with Gasteiger partial charge in [0.1, 0.15) is 0 Å². The van der Waals surface area contributed by atoms with Crippen LogP contribution in [0.5, 0.6) is 0 Å². The maximum atomic E-state index is 11.1. The van der Waals surface area contributed by atoms with E-state index in [0.29, 0.717) is 18.0 Å². The Labute approximate surface area is 116 Å². The second kappa shape index (κ2) is 5.05. The highest BCUT2D eigenvalue weighted by Crippen LogP contribution is 2.25. The van der Waals surface area contributed by atoms with Gasteiger partial charge >= 0.3 is 0 Å². The Balaban J connectivity index is 1.86. The lowest BCUT2D eigenvalue weighted by Crippen LogP contribution is -2.41. The molecule has 1 unspecified atom stereocenters. The van der Waals surface area contributed by atoms with E-state index in [1.807, 2.05) is 24.3 Å². The van der Waals surface area contributed by atoms with Crippen LogP contribution in [0.1, 0.15) is 12.8 Å². The molecule has 2 heterocycles. The van der Waals surface area contributed by atoms with Gasteiger partial charge in [0.2, 0.25) is 5.91 Å². The Morgan fingerprint density at radius 1 is 1.37 bits per heavy atom. The van der Waals surface area contributed by atoms with Crippen LogP contribution in [-0.4, -0.2) is 23.5 Å². The summed E-state index contributed by atoms with van der Waals surface area (Å²) < 4.78 is 0. The molecule has 19 heavy (non-hydrogen) atoms. The zero-order valence-corrected chi connectivity index (χ0v) is 11.1. The van der Waals surface area contributed by atoms with Gasteiger partial charge in [-0.2, -0.15) is 0 Å². The van der Waals surface area contributed by atoms with Gasteiger partial charge in [-0.3, -0.25) is 9.78 Å². The SMILES string of the molecule is O=C1CCC(Nc2ccnc3cc(Cl)ccc23)CN1. The van der Waals surface area contributed by atoms with Crippen LogP contribution >= 0.6 is 11.6 Å². The van der Waals surface area contributed by atoms with Crippen LogP contribution in [0.3, 0.4) is 0 Å². The lowest BCUT2D eigenvalue weighted by atomic mass is 10.1. The largest absolute Gasteiger partial charge is 0.380 e. The topological polar surface area (TPSA) is 54.0 Å². The highest BCUT2D eigenvalue weighted by atomic mass is 35.5. The molecule has 5 heteroatoms. The van der Waals surface area contributed by atoms with Crippen molar-refractivity contribution in [3.05, 3.63) is 35.5 Å². The van der Waals surface area contributed by atoms with E-state index in [2.05, 4.69) is 15.6 Å². The van der Waals surface area contributed by atoms with Crippen LogP contribution in [0.15, 0.2) is 30.5 Å². The van der Waals surface area contributed by atoms with E-state index < -0.39 is 0 Å². The molecular formula is C14H14ClN3O. The normalized spacial score (nSPS) is 19.2. The predicted molar refractivity (Wildman–Crippen MR) is 76.4 cm³/mol. The number of hydrogen-bond acceptors (Lipinski definition) is 3. The minimum atomic E-state index is 0.129. The summed E-state index contributed by atoms with van der Waals surface area (Å²) in [6, 6.07) is 7.89. The first-order valence-electron chi connectivity index (χ1n) is 6.30. The first kappa shape index (κ1) is 12.2. The molecule has 1 fully saturated rings. The summed E-state index contributed by atoms with van der Waals surface area (Å²) in [6.07, 6.45) is 3.19. The molecule has 98 valence electrons. The number of aromatic nitrogens is 1. The van der Waals surface area contributed by atoms with Crippen molar-refractivity contribution in [3.63, 3.8) is 0 Å². The molecule has 2 N–H and O–H groups in total. The number of nitrogens with one attached hydrogen (secondary N) is 2. The number of fused-ring (bicyclic) bond motifs is 1. The van der Waals surface area contributed by atoms with Crippen molar-refractivity contribution in [1.82, 2.24) is 10.3 Å². The second-order valence-electron chi connectivity index (χ2n) is 4.70. The maximum absolute atomic E-state index is 11.1. The fraction of sp³-hybridized carbons (Fsp3) is 0.286. The highest BCUT2D eigenvalue weighted by molar-refractivity contribution is 6.31. The molecule has 0 radical (unpaired) electrons. The number of halogens is 1. The Bertz CT molecular complexity index is 619. The van der Waals surface area contributed by atoms with Gasteiger partial charge < -0.3 is 10.6 Å². The minimum Gasteiger partial charge on any atom is -0.380 e. The molecule has 1 aromatic heterocycles. The average molecular weight is 276 g/mol. The van der Waals surface area contributed by atoms with Gasteiger partial charge in [0.25, 0.3) is 0 Å². The maximum Gasteiger partial charge on any atom is 0.220 e. The zero-order chi connectivity index (χ0) is 13.2. The van der Waals surface area contributed by atoms with Gasteiger partial charge in [-0.15, -0.1) is 0 Å². The summed E-state index contributed by atoms with van der Waals surface area (Å²) in [5.41, 5.74) is 1.90. The predicted octanol–water partition coefficient (Wildman–Crippen LogP) is 2.58. The van der Waals surface area contributed by atoms with Gasteiger partial charge in [-0.1, -0.05) is 11.6 Å². The van der Waals surface area contributed by atoms with Crippen LogP contribution in [-0.2, 0) is 4.79 Å². The fourth-order valence-corrected chi connectivity index (χ4v) is 2.49. The molecule has 0 bridgehead atoms. The quantitative estimate of drug-likeness (QED) is 0.886. The van der Waals surface area contributed by atoms with Crippen molar-refractivity contribution in [2.45, 2.75) is 18.9 Å². The molecule has 1 aliphatic heterocycles. The number of rotatable bonds is 2. The van der Waals surface area contributed by atoms with Crippen molar-refractivity contribution in [2.24, 2.45) is 0 Å². The number of anilines is 1. The number of pyridine rings is 1. The second-order valence-corrected chi connectivity index (χ2v) is 5.14. The number of amides is 1. The Morgan fingerprint density at radius 3 is 3.05 bits per heavy atom. The fourth-order valence-electron chi connectivity index (χ4n) is 2.32. The zero-order valence-electron chi connectivity index (χ0n) is 10.3. The number of benzene rings is 1. The van der Waals surface area contributed by atoms with Gasteiger partial charge in [0, 0.05) is 41.3 Å². The molecule has 1 aliphatic rings. The smallest absolute Gasteiger partial charge is 0.220 e. The highest BCUT2D eigenvalue weighted by Gasteiger charge is 2.18. The molecule has 2 aromatic rings. The van der Waals surface area contributed by atoms with Crippen LogP contribution in [0.2, 0.25) is 5.02 Å². The van der Waals surface area contributed by atoms with Crippen molar-refractivity contribution in [1.29, 1.82) is 0 Å². The van der Waals surface area contributed by atoms with Gasteiger partial charge in [0.15, 0.2) is 0 Å². The lowest BCUT2D eigenvalue weighted by Gasteiger charge is -2.25. The summed E-state index contributed by atoms with van der Waals surface area (Å²) in [4.78, 5) is 15.5. The van der Waals surface area contributed by atoms with Crippen LogP contribution in [0.4, 0.5) is 5.69 Å². The number of carbonyl (C=O) groups excluding carboxylic acids is 1. The molecular weight excluding hydrogens is 262 g/mol. The number of piperidine rings is 1. The number of hydrogen-bond donors (Lipinski definition) is 2. The van der Waals surface area contributed by atoms with Crippen molar-refractivity contribution in [3.8, 4) is 0 Å². The van der Waals surface area contributed by atoms with Crippen molar-refractivity contribution >= 4 is 34.1 Å². The third-order valence-electron chi connectivity index (χ3n) is 3.33. The Morgan fingerprint density at radius 2 is 2.26 bits per heavy atom. The van der Waals surface area contributed by atoms with E-state index in [9.17, 15) is 4.79 Å². The summed E-state index contributed by atoms with van der Waals surface area (Å²) in [6.45, 7) is 0.663. The molecule has 4 nitrogen and oxygen atoms in total. The van der Waals surface area contributed by atoms with Crippen molar-refractivity contribution in [2.75, 3.05) is 11.9 Å². The van der Waals surface area contributed by atoms with E-state index in [1.54, 1.807) is 6.20 Å². The molecule has 0 spiro atoms. The molecule has 1 aromatic carbocycles. The van der Waals surface area contributed by atoms with E-state index in [0.717, 1.165) is 23.0 Å². The first-order valence-corrected chi connectivity index (χ1v) is 6.68. The summed E-state index contributed by atoms with van der Waals surface area (Å²) in [5.74, 6) is 0.129. The molecule has 0 aliphatic carbocycles. The third-order valence-corrected chi connectivity index (χ3v) is 3.56. The molecule has 1 atom stereocenters. The summed E-state index contributed by atoms with van der Waals surface area (Å²) in [5, 5.41) is 8.07. The average Bonchev–Trinajstić information content (AvgIpc) is 2.41. The van der Waals surface area contributed by atoms with E-state index >= 15 is 0 Å². The number of carbonyl (C=O) groups is 1. The van der Waals surface area contributed by atoms with E-state index in [1.165, 1.54) is 0 Å². The van der Waals surface area contributed by atoms with E-state index in [-0.39, 0.29) is 11.9 Å². The lowest BCUT2D eigenvalue weighted by molar-refractivity contribution is -0.122. The molecule has 3 rings (SSSR count). The van der Waals surface area contributed by atoms with Gasteiger partial charge in [0.05, 0.1) is 5.52 Å².